The van der Waals surface area contributed by atoms with Crippen molar-refractivity contribution in [2.24, 2.45) is 0 Å². The van der Waals surface area contributed by atoms with Gasteiger partial charge in [-0.15, -0.1) is 0 Å². The zero-order valence-corrected chi connectivity index (χ0v) is 20.5. The summed E-state index contributed by atoms with van der Waals surface area (Å²) in [5.74, 6) is 0.139. The van der Waals surface area contributed by atoms with E-state index >= 15 is 0 Å². The van der Waals surface area contributed by atoms with E-state index < -0.39 is 28.5 Å². The Bertz CT molecular complexity index is 1110. The molecule has 2 amide bonds. The second-order valence-electron chi connectivity index (χ2n) is 8.07. The molecule has 1 aliphatic rings. The standard InChI is InChI=1S/C24H31N3O6S/c1-4-12-25-24(29)18(2)26(16-19-8-6-5-7-9-19)23(28)17-27(34(3,30)31)20-10-11-21-22(15-20)33-14-13-32-21/h5-11,15,18H,4,12-14,16-17H2,1-3H3,(H,25,29)/t18-/m1/s1. The molecule has 0 saturated carbocycles. The van der Waals surface area contributed by atoms with Gasteiger partial charge in [0.05, 0.1) is 11.9 Å². The van der Waals surface area contributed by atoms with Crippen molar-refractivity contribution in [3.05, 3.63) is 54.1 Å². The van der Waals surface area contributed by atoms with Crippen molar-refractivity contribution in [1.82, 2.24) is 10.2 Å². The van der Waals surface area contributed by atoms with Gasteiger partial charge < -0.3 is 19.7 Å². The summed E-state index contributed by atoms with van der Waals surface area (Å²) >= 11 is 0. The molecule has 0 aliphatic carbocycles. The molecule has 1 atom stereocenters. The summed E-state index contributed by atoms with van der Waals surface area (Å²) < 4.78 is 37.4. The quantitative estimate of drug-likeness (QED) is 0.548. The van der Waals surface area contributed by atoms with Crippen molar-refractivity contribution >= 4 is 27.5 Å². The topological polar surface area (TPSA) is 105 Å². The van der Waals surface area contributed by atoms with Crippen molar-refractivity contribution in [3.63, 3.8) is 0 Å². The van der Waals surface area contributed by atoms with Gasteiger partial charge in [-0.1, -0.05) is 37.3 Å². The molecule has 0 spiro atoms. The molecule has 2 aromatic carbocycles. The van der Waals surface area contributed by atoms with Gasteiger partial charge in [-0.2, -0.15) is 0 Å². The van der Waals surface area contributed by atoms with Gasteiger partial charge in [0.15, 0.2) is 11.5 Å². The molecule has 0 saturated heterocycles. The monoisotopic (exact) mass is 489 g/mol. The first-order chi connectivity index (χ1) is 16.2. The molecule has 3 rings (SSSR count). The lowest BCUT2D eigenvalue weighted by Crippen LogP contribution is -2.51. The Morgan fingerprint density at radius 3 is 2.38 bits per heavy atom. The number of sulfonamides is 1. The zero-order chi connectivity index (χ0) is 24.7. The van der Waals surface area contributed by atoms with Gasteiger partial charge in [-0.25, -0.2) is 8.42 Å². The lowest BCUT2D eigenvalue weighted by molar-refractivity contribution is -0.139. The Hall–Kier alpha value is -3.27. The smallest absolute Gasteiger partial charge is 0.244 e. The van der Waals surface area contributed by atoms with E-state index in [1.807, 2.05) is 37.3 Å². The van der Waals surface area contributed by atoms with Crippen molar-refractivity contribution in [3.8, 4) is 11.5 Å². The summed E-state index contributed by atoms with van der Waals surface area (Å²) in [5.41, 5.74) is 1.11. The number of hydrogen-bond acceptors (Lipinski definition) is 6. The summed E-state index contributed by atoms with van der Waals surface area (Å²) in [6.45, 7) is 4.53. The molecule has 9 nitrogen and oxygen atoms in total. The Balaban J connectivity index is 1.89. The summed E-state index contributed by atoms with van der Waals surface area (Å²) in [6, 6.07) is 13.2. The molecule has 0 bridgehead atoms. The van der Waals surface area contributed by atoms with E-state index in [2.05, 4.69) is 5.32 Å². The van der Waals surface area contributed by atoms with E-state index in [0.29, 0.717) is 31.3 Å². The third-order valence-electron chi connectivity index (χ3n) is 5.41. The number of amides is 2. The predicted molar refractivity (Wildman–Crippen MR) is 129 cm³/mol. The molecular formula is C24H31N3O6S. The highest BCUT2D eigenvalue weighted by Gasteiger charge is 2.30. The van der Waals surface area contributed by atoms with Crippen LogP contribution in [0.5, 0.6) is 11.5 Å². The van der Waals surface area contributed by atoms with Gasteiger partial charge in [0, 0.05) is 19.2 Å². The molecule has 34 heavy (non-hydrogen) atoms. The molecule has 1 heterocycles. The predicted octanol–water partition coefficient (Wildman–Crippen LogP) is 2.17. The number of anilines is 1. The van der Waals surface area contributed by atoms with Crippen molar-refractivity contribution < 1.29 is 27.5 Å². The molecule has 1 N–H and O–H groups in total. The minimum atomic E-state index is -3.82. The van der Waals surface area contributed by atoms with Gasteiger partial charge in [0.25, 0.3) is 0 Å². The number of nitrogens with one attached hydrogen (secondary N) is 1. The molecule has 0 aromatic heterocycles. The maximum absolute atomic E-state index is 13.5. The van der Waals surface area contributed by atoms with E-state index in [1.165, 1.54) is 4.90 Å². The Morgan fingerprint density at radius 1 is 1.06 bits per heavy atom. The van der Waals surface area contributed by atoms with Crippen LogP contribution in [-0.4, -0.2) is 63.7 Å². The van der Waals surface area contributed by atoms with E-state index in [4.69, 9.17) is 9.47 Å². The van der Waals surface area contributed by atoms with E-state index in [1.54, 1.807) is 25.1 Å². The minimum Gasteiger partial charge on any atom is -0.486 e. The largest absolute Gasteiger partial charge is 0.486 e. The van der Waals surface area contributed by atoms with Crippen LogP contribution in [-0.2, 0) is 26.2 Å². The number of rotatable bonds is 10. The fourth-order valence-electron chi connectivity index (χ4n) is 3.56. The molecule has 10 heteroatoms. The average Bonchev–Trinajstić information content (AvgIpc) is 2.83. The summed E-state index contributed by atoms with van der Waals surface area (Å²) in [4.78, 5) is 27.6. The number of carbonyl (C=O) groups is 2. The van der Waals surface area contributed by atoms with Gasteiger partial charge in [0.2, 0.25) is 21.8 Å². The fraction of sp³-hybridized carbons (Fsp3) is 0.417. The number of benzene rings is 2. The molecule has 184 valence electrons. The van der Waals surface area contributed by atoms with E-state index in [9.17, 15) is 18.0 Å². The molecule has 0 radical (unpaired) electrons. The Labute approximate surface area is 200 Å². The van der Waals surface area contributed by atoms with Crippen LogP contribution in [0.15, 0.2) is 48.5 Å². The first kappa shape index (κ1) is 25.4. The number of ether oxygens (including phenoxy) is 2. The van der Waals surface area contributed by atoms with Crippen LogP contribution in [0.4, 0.5) is 5.69 Å². The lowest BCUT2D eigenvalue weighted by atomic mass is 10.1. The molecule has 1 aliphatic heterocycles. The van der Waals surface area contributed by atoms with Gasteiger partial charge >= 0.3 is 0 Å². The zero-order valence-electron chi connectivity index (χ0n) is 19.7. The number of fused-ring (bicyclic) bond motifs is 1. The average molecular weight is 490 g/mol. The molecule has 0 fully saturated rings. The number of hydrogen-bond donors (Lipinski definition) is 1. The highest BCUT2D eigenvalue weighted by Crippen LogP contribution is 2.34. The van der Waals surface area contributed by atoms with Crippen LogP contribution >= 0.6 is 0 Å². The Morgan fingerprint density at radius 2 is 1.74 bits per heavy atom. The first-order valence-corrected chi connectivity index (χ1v) is 13.0. The second-order valence-corrected chi connectivity index (χ2v) is 9.98. The van der Waals surface area contributed by atoms with Crippen LogP contribution in [0, 0.1) is 0 Å². The summed E-state index contributed by atoms with van der Waals surface area (Å²) in [7, 11) is -3.82. The van der Waals surface area contributed by atoms with Crippen LogP contribution in [0.25, 0.3) is 0 Å². The van der Waals surface area contributed by atoms with Crippen molar-refractivity contribution in [2.75, 3.05) is 36.9 Å². The first-order valence-electron chi connectivity index (χ1n) is 11.2. The van der Waals surface area contributed by atoms with Gasteiger partial charge in [-0.05, 0) is 31.0 Å². The fourth-order valence-corrected chi connectivity index (χ4v) is 4.40. The highest BCUT2D eigenvalue weighted by atomic mass is 32.2. The molecular weight excluding hydrogens is 458 g/mol. The third kappa shape index (κ3) is 6.40. The summed E-state index contributed by atoms with van der Waals surface area (Å²) in [6.07, 6.45) is 1.80. The van der Waals surface area contributed by atoms with E-state index in [0.717, 1.165) is 22.5 Å². The van der Waals surface area contributed by atoms with E-state index in [-0.39, 0.29) is 18.1 Å². The van der Waals surface area contributed by atoms with Crippen LogP contribution < -0.4 is 19.1 Å². The van der Waals surface area contributed by atoms with Crippen LogP contribution in [0.2, 0.25) is 0 Å². The summed E-state index contributed by atoms with van der Waals surface area (Å²) in [5, 5.41) is 2.81. The lowest BCUT2D eigenvalue weighted by Gasteiger charge is -2.31. The molecule has 0 unspecified atom stereocenters. The normalized spacial score (nSPS) is 13.6. The highest BCUT2D eigenvalue weighted by molar-refractivity contribution is 7.92. The second kappa shape index (κ2) is 11.2. The number of carbonyl (C=O) groups excluding carboxylic acids is 2. The molecule has 2 aromatic rings. The van der Waals surface area contributed by atoms with Gasteiger partial charge in [-0.3, -0.25) is 13.9 Å². The minimum absolute atomic E-state index is 0.166. The SMILES string of the molecule is CCCNC(=O)[C@@H](C)N(Cc1ccccc1)C(=O)CN(c1ccc2c(c1)OCCO2)S(C)(=O)=O. The van der Waals surface area contributed by atoms with Crippen molar-refractivity contribution in [2.45, 2.75) is 32.9 Å². The van der Waals surface area contributed by atoms with Crippen molar-refractivity contribution in [1.29, 1.82) is 0 Å². The maximum atomic E-state index is 13.5. The number of nitrogens with zero attached hydrogens (tertiary/aromatic N) is 2. The van der Waals surface area contributed by atoms with Gasteiger partial charge in [0.1, 0.15) is 25.8 Å². The third-order valence-corrected chi connectivity index (χ3v) is 6.55. The maximum Gasteiger partial charge on any atom is 0.244 e. The Kier molecular flexibility index (Phi) is 8.38. The van der Waals surface area contributed by atoms with Crippen LogP contribution in [0.3, 0.4) is 0 Å². The van der Waals surface area contributed by atoms with Crippen LogP contribution in [0.1, 0.15) is 25.8 Å².